The first kappa shape index (κ1) is 14.3. The molecule has 0 saturated carbocycles. The summed E-state index contributed by atoms with van der Waals surface area (Å²) < 4.78 is 10.8. The Morgan fingerprint density at radius 2 is 1.68 bits per heavy atom. The van der Waals surface area contributed by atoms with Crippen molar-refractivity contribution in [3.63, 3.8) is 0 Å². The van der Waals surface area contributed by atoms with E-state index in [1.807, 2.05) is 60.7 Å². The van der Waals surface area contributed by atoms with Crippen LogP contribution in [0.1, 0.15) is 11.1 Å². The third kappa shape index (κ3) is 3.73. The molecule has 0 unspecified atom stereocenters. The number of hydrogen-bond donors (Lipinski definition) is 0. The first-order chi connectivity index (χ1) is 10.8. The lowest BCUT2D eigenvalue weighted by atomic mass is 10.1. The maximum absolute atomic E-state index is 12.0. The van der Waals surface area contributed by atoms with Gasteiger partial charge in [-0.2, -0.15) is 0 Å². The monoisotopic (exact) mass is 295 g/mol. The molecule has 1 heterocycles. The molecule has 112 valence electrons. The molecule has 1 atom stereocenters. The standard InChI is InChI=1S/C18H17NO3/c20-18(22-12-15-9-5-2-6-10-15)16-13-21-17(19-16)11-14-7-3-1-4-8-14/h1-10,16H,11-13H2/t16-/m0/s1. The topological polar surface area (TPSA) is 47.9 Å². The fourth-order valence-electron chi connectivity index (χ4n) is 2.24. The van der Waals surface area contributed by atoms with Crippen molar-refractivity contribution >= 4 is 11.9 Å². The van der Waals surface area contributed by atoms with E-state index in [9.17, 15) is 4.79 Å². The highest BCUT2D eigenvalue weighted by Crippen LogP contribution is 2.12. The maximum Gasteiger partial charge on any atom is 0.334 e. The highest BCUT2D eigenvalue weighted by Gasteiger charge is 2.27. The molecule has 0 fully saturated rings. The lowest BCUT2D eigenvalue weighted by Crippen LogP contribution is -2.22. The van der Waals surface area contributed by atoms with Crippen LogP contribution in [0.3, 0.4) is 0 Å². The van der Waals surface area contributed by atoms with Crippen LogP contribution in [0.15, 0.2) is 65.7 Å². The predicted molar refractivity (Wildman–Crippen MR) is 83.6 cm³/mol. The molecule has 1 aliphatic heterocycles. The minimum absolute atomic E-state index is 0.260. The van der Waals surface area contributed by atoms with Crippen LogP contribution < -0.4 is 0 Å². The van der Waals surface area contributed by atoms with Crippen LogP contribution in [-0.2, 0) is 27.3 Å². The lowest BCUT2D eigenvalue weighted by molar-refractivity contribution is -0.146. The van der Waals surface area contributed by atoms with Crippen LogP contribution in [0.2, 0.25) is 0 Å². The Morgan fingerprint density at radius 1 is 1.05 bits per heavy atom. The van der Waals surface area contributed by atoms with Gasteiger partial charge >= 0.3 is 5.97 Å². The van der Waals surface area contributed by atoms with Gasteiger partial charge in [-0.15, -0.1) is 0 Å². The maximum atomic E-state index is 12.0. The molecular formula is C18H17NO3. The van der Waals surface area contributed by atoms with Crippen molar-refractivity contribution in [2.75, 3.05) is 6.61 Å². The number of nitrogens with zero attached hydrogens (tertiary/aromatic N) is 1. The minimum Gasteiger partial charge on any atom is -0.478 e. The molecule has 0 spiro atoms. The van der Waals surface area contributed by atoms with Gasteiger partial charge in [0.05, 0.1) is 0 Å². The number of ether oxygens (including phenoxy) is 2. The Kier molecular flexibility index (Phi) is 4.49. The number of esters is 1. The van der Waals surface area contributed by atoms with E-state index < -0.39 is 6.04 Å². The Bertz CT molecular complexity index is 653. The van der Waals surface area contributed by atoms with Crippen molar-refractivity contribution in [3.05, 3.63) is 71.8 Å². The van der Waals surface area contributed by atoms with E-state index in [-0.39, 0.29) is 19.2 Å². The van der Waals surface area contributed by atoms with Crippen LogP contribution in [0.25, 0.3) is 0 Å². The third-order valence-corrected chi connectivity index (χ3v) is 3.40. The number of hydrogen-bond acceptors (Lipinski definition) is 4. The van der Waals surface area contributed by atoms with Crippen molar-refractivity contribution in [3.8, 4) is 0 Å². The summed E-state index contributed by atoms with van der Waals surface area (Å²) in [5, 5.41) is 0. The molecule has 0 radical (unpaired) electrons. The Balaban J connectivity index is 1.53. The summed E-state index contributed by atoms with van der Waals surface area (Å²) in [6.45, 7) is 0.523. The van der Waals surface area contributed by atoms with Gasteiger partial charge in [0, 0.05) is 6.42 Å². The highest BCUT2D eigenvalue weighted by molar-refractivity contribution is 5.86. The van der Waals surface area contributed by atoms with Crippen LogP contribution in [0.4, 0.5) is 0 Å². The van der Waals surface area contributed by atoms with E-state index in [0.29, 0.717) is 12.3 Å². The first-order valence-corrected chi connectivity index (χ1v) is 7.25. The summed E-state index contributed by atoms with van der Waals surface area (Å²) in [5.74, 6) is 0.250. The molecule has 0 N–H and O–H groups in total. The molecule has 1 aliphatic rings. The van der Waals surface area contributed by atoms with Gasteiger partial charge in [0.1, 0.15) is 13.2 Å². The normalized spacial score (nSPS) is 16.7. The average molecular weight is 295 g/mol. The molecule has 4 nitrogen and oxygen atoms in total. The van der Waals surface area contributed by atoms with Gasteiger partial charge in [-0.3, -0.25) is 0 Å². The van der Waals surface area contributed by atoms with E-state index in [0.717, 1.165) is 11.1 Å². The number of aliphatic imine (C=N–C) groups is 1. The van der Waals surface area contributed by atoms with E-state index in [4.69, 9.17) is 9.47 Å². The number of carbonyl (C=O) groups excluding carboxylic acids is 1. The average Bonchev–Trinajstić information content (AvgIpc) is 3.03. The molecule has 0 aromatic heterocycles. The van der Waals surface area contributed by atoms with Gasteiger partial charge in [0.2, 0.25) is 0 Å². The van der Waals surface area contributed by atoms with E-state index in [1.54, 1.807) is 0 Å². The van der Waals surface area contributed by atoms with Crippen molar-refractivity contribution in [2.45, 2.75) is 19.1 Å². The number of benzene rings is 2. The first-order valence-electron chi connectivity index (χ1n) is 7.25. The lowest BCUT2D eigenvalue weighted by Gasteiger charge is -2.06. The van der Waals surface area contributed by atoms with Crippen molar-refractivity contribution in [1.82, 2.24) is 0 Å². The second kappa shape index (κ2) is 6.89. The molecule has 22 heavy (non-hydrogen) atoms. The second-order valence-electron chi connectivity index (χ2n) is 5.11. The summed E-state index contributed by atoms with van der Waals surface area (Å²) in [6, 6.07) is 19.0. The van der Waals surface area contributed by atoms with Gasteiger partial charge in [-0.05, 0) is 11.1 Å². The summed E-state index contributed by atoms with van der Waals surface area (Å²) in [6.07, 6.45) is 0.601. The van der Waals surface area contributed by atoms with Crippen LogP contribution in [0, 0.1) is 0 Å². The SMILES string of the molecule is O=C(OCc1ccccc1)[C@@H]1COC(Cc2ccccc2)=N1. The molecule has 3 rings (SSSR count). The van der Waals surface area contributed by atoms with Crippen LogP contribution >= 0.6 is 0 Å². The van der Waals surface area contributed by atoms with E-state index in [2.05, 4.69) is 4.99 Å². The molecule has 0 bridgehead atoms. The van der Waals surface area contributed by atoms with Gasteiger partial charge in [0.15, 0.2) is 11.9 Å². The fourth-order valence-corrected chi connectivity index (χ4v) is 2.24. The van der Waals surface area contributed by atoms with Gasteiger partial charge in [-0.1, -0.05) is 60.7 Å². The van der Waals surface area contributed by atoms with Gasteiger partial charge in [-0.25, -0.2) is 9.79 Å². The summed E-state index contributed by atoms with van der Waals surface area (Å²) in [5.41, 5.74) is 2.07. The quantitative estimate of drug-likeness (QED) is 0.797. The highest BCUT2D eigenvalue weighted by atomic mass is 16.5. The van der Waals surface area contributed by atoms with Crippen molar-refractivity contribution in [1.29, 1.82) is 0 Å². The van der Waals surface area contributed by atoms with E-state index in [1.165, 1.54) is 0 Å². The smallest absolute Gasteiger partial charge is 0.334 e. The van der Waals surface area contributed by atoms with E-state index >= 15 is 0 Å². The molecule has 2 aromatic rings. The minimum atomic E-state index is -0.553. The summed E-state index contributed by atoms with van der Waals surface area (Å²) in [4.78, 5) is 16.3. The summed E-state index contributed by atoms with van der Waals surface area (Å²) >= 11 is 0. The molecule has 0 amide bonds. The van der Waals surface area contributed by atoms with Crippen molar-refractivity contribution < 1.29 is 14.3 Å². The zero-order chi connectivity index (χ0) is 15.2. The molecule has 4 heteroatoms. The molecule has 2 aromatic carbocycles. The van der Waals surface area contributed by atoms with Crippen LogP contribution in [-0.4, -0.2) is 24.5 Å². The largest absolute Gasteiger partial charge is 0.478 e. The zero-order valence-electron chi connectivity index (χ0n) is 12.1. The molecule has 0 aliphatic carbocycles. The Hall–Kier alpha value is -2.62. The predicted octanol–water partition coefficient (Wildman–Crippen LogP) is 2.77. The number of rotatable bonds is 5. The van der Waals surface area contributed by atoms with Crippen molar-refractivity contribution in [2.24, 2.45) is 4.99 Å². The van der Waals surface area contributed by atoms with Gasteiger partial charge < -0.3 is 9.47 Å². The molecular weight excluding hydrogens is 278 g/mol. The Labute approximate surface area is 129 Å². The van der Waals surface area contributed by atoms with Crippen LogP contribution in [0.5, 0.6) is 0 Å². The Morgan fingerprint density at radius 3 is 2.36 bits per heavy atom. The number of carbonyl (C=O) groups is 1. The second-order valence-corrected chi connectivity index (χ2v) is 5.11. The fraction of sp³-hybridized carbons (Fsp3) is 0.222. The molecule has 0 saturated heterocycles. The third-order valence-electron chi connectivity index (χ3n) is 3.40. The summed E-state index contributed by atoms with van der Waals surface area (Å²) in [7, 11) is 0. The van der Waals surface area contributed by atoms with Gasteiger partial charge in [0.25, 0.3) is 0 Å². The zero-order valence-corrected chi connectivity index (χ0v) is 12.1.